The standard InChI is InChI=1S/C27H14N6O2S/c1-30-18(13-28)11-20-5-6-25(34-20)23-9-16-3-4-17(10-22(16)33-23)24-7-8-26(35-24)27-32-15-21(36-27)12-19(14-29)31-2/h3-11,15,19,33H,12H2/b18-11+. The van der Waals surface area contributed by atoms with Crippen molar-refractivity contribution < 1.29 is 8.83 Å². The lowest BCUT2D eigenvalue weighted by Crippen LogP contribution is -2.00. The maximum atomic E-state index is 9.00. The van der Waals surface area contributed by atoms with Gasteiger partial charge in [0.15, 0.2) is 22.6 Å². The van der Waals surface area contributed by atoms with Crippen molar-refractivity contribution in [3.8, 4) is 45.7 Å². The number of aromatic amines is 1. The van der Waals surface area contributed by atoms with Crippen LogP contribution in [0.15, 0.2) is 69.3 Å². The van der Waals surface area contributed by atoms with Crippen molar-refractivity contribution in [2.24, 2.45) is 0 Å². The third-order valence-electron chi connectivity index (χ3n) is 5.38. The molecule has 0 aliphatic rings. The third-order valence-corrected chi connectivity index (χ3v) is 6.42. The minimum Gasteiger partial charge on any atom is -0.456 e. The molecule has 0 aliphatic carbocycles. The van der Waals surface area contributed by atoms with E-state index in [1.54, 1.807) is 18.3 Å². The molecule has 8 nitrogen and oxygen atoms in total. The Hall–Kier alpha value is -5.35. The predicted molar refractivity (Wildman–Crippen MR) is 135 cm³/mol. The summed E-state index contributed by atoms with van der Waals surface area (Å²) in [6.07, 6.45) is 3.44. The number of thiazole rings is 1. The first kappa shape index (κ1) is 22.4. The number of aromatic nitrogens is 2. The van der Waals surface area contributed by atoms with Crippen molar-refractivity contribution in [1.82, 2.24) is 9.97 Å². The molecule has 36 heavy (non-hydrogen) atoms. The van der Waals surface area contributed by atoms with Crippen LogP contribution in [0.5, 0.6) is 0 Å². The average molecular weight is 487 g/mol. The topological polar surface area (TPSA) is 111 Å². The van der Waals surface area contributed by atoms with Gasteiger partial charge in [-0.1, -0.05) is 12.1 Å². The largest absolute Gasteiger partial charge is 0.456 e. The number of nitrogens with one attached hydrogen (secondary N) is 1. The molecule has 0 radical (unpaired) electrons. The monoisotopic (exact) mass is 486 g/mol. The number of H-pyrrole nitrogens is 1. The summed E-state index contributed by atoms with van der Waals surface area (Å²) >= 11 is 1.41. The lowest BCUT2D eigenvalue weighted by atomic mass is 10.1. The Bertz CT molecular complexity index is 1760. The summed E-state index contributed by atoms with van der Waals surface area (Å²) in [6, 6.07) is 18.2. The molecular weight excluding hydrogens is 472 g/mol. The summed E-state index contributed by atoms with van der Waals surface area (Å²) in [7, 11) is 0. The predicted octanol–water partition coefficient (Wildman–Crippen LogP) is 6.95. The zero-order chi connectivity index (χ0) is 25.1. The number of furan rings is 2. The smallest absolute Gasteiger partial charge is 0.312 e. The minimum absolute atomic E-state index is 0.0429. The highest BCUT2D eigenvalue weighted by Gasteiger charge is 2.17. The molecule has 0 saturated heterocycles. The fraction of sp³-hybridized carbons (Fsp3) is 0.0741. The molecule has 1 aromatic carbocycles. The van der Waals surface area contributed by atoms with Crippen molar-refractivity contribution in [3.05, 3.63) is 93.9 Å². The molecular formula is C27H14N6O2S. The lowest BCUT2D eigenvalue weighted by Gasteiger charge is -1.98. The zero-order valence-corrected chi connectivity index (χ0v) is 19.3. The van der Waals surface area contributed by atoms with E-state index in [-0.39, 0.29) is 5.70 Å². The Balaban J connectivity index is 1.38. The van der Waals surface area contributed by atoms with Crippen LogP contribution in [0.2, 0.25) is 0 Å². The number of rotatable bonds is 6. The van der Waals surface area contributed by atoms with Crippen molar-refractivity contribution >= 4 is 28.3 Å². The Morgan fingerprint density at radius 3 is 2.69 bits per heavy atom. The molecule has 5 aromatic rings. The van der Waals surface area contributed by atoms with E-state index < -0.39 is 6.04 Å². The van der Waals surface area contributed by atoms with Crippen molar-refractivity contribution in [2.75, 3.05) is 0 Å². The number of fused-ring (bicyclic) bond motifs is 1. The number of hydrogen-bond acceptors (Lipinski definition) is 6. The first-order valence-electron chi connectivity index (χ1n) is 10.6. The first-order chi connectivity index (χ1) is 17.6. The molecule has 9 heteroatoms. The van der Waals surface area contributed by atoms with Crippen LogP contribution in [-0.2, 0) is 6.42 Å². The molecule has 4 aromatic heterocycles. The van der Waals surface area contributed by atoms with Gasteiger partial charge in [-0.05, 0) is 42.5 Å². The maximum absolute atomic E-state index is 9.00. The molecule has 1 atom stereocenters. The van der Waals surface area contributed by atoms with Gasteiger partial charge in [0, 0.05) is 27.5 Å². The van der Waals surface area contributed by atoms with Gasteiger partial charge in [0.05, 0.1) is 24.8 Å². The highest BCUT2D eigenvalue weighted by molar-refractivity contribution is 7.14. The quantitative estimate of drug-likeness (QED) is 0.206. The van der Waals surface area contributed by atoms with Gasteiger partial charge in [-0.15, -0.1) is 11.3 Å². The molecule has 170 valence electrons. The van der Waals surface area contributed by atoms with E-state index in [1.807, 2.05) is 48.5 Å². The van der Waals surface area contributed by atoms with Gasteiger partial charge in [-0.3, -0.25) is 4.85 Å². The first-order valence-corrected chi connectivity index (χ1v) is 11.5. The van der Waals surface area contributed by atoms with E-state index in [0.717, 1.165) is 27.0 Å². The minimum atomic E-state index is -0.708. The Morgan fingerprint density at radius 1 is 1.08 bits per heavy atom. The summed E-state index contributed by atoms with van der Waals surface area (Å²) in [5.41, 5.74) is 2.51. The van der Waals surface area contributed by atoms with Crippen molar-refractivity contribution in [1.29, 1.82) is 10.5 Å². The normalized spacial score (nSPS) is 11.9. The number of nitriles is 2. The van der Waals surface area contributed by atoms with E-state index in [9.17, 15) is 0 Å². The molecule has 4 heterocycles. The number of hydrogen-bond donors (Lipinski definition) is 1. The van der Waals surface area contributed by atoms with Crippen molar-refractivity contribution in [3.63, 3.8) is 0 Å². The van der Waals surface area contributed by atoms with Crippen LogP contribution in [0, 0.1) is 35.8 Å². The van der Waals surface area contributed by atoms with Crippen LogP contribution >= 0.6 is 11.3 Å². The van der Waals surface area contributed by atoms with Crippen LogP contribution in [0.4, 0.5) is 0 Å². The zero-order valence-electron chi connectivity index (χ0n) is 18.5. The van der Waals surface area contributed by atoms with Gasteiger partial charge in [-0.25, -0.2) is 21.7 Å². The maximum Gasteiger partial charge on any atom is 0.312 e. The van der Waals surface area contributed by atoms with Crippen LogP contribution in [0.25, 0.3) is 60.2 Å². The third kappa shape index (κ3) is 4.39. The second kappa shape index (κ2) is 9.49. The summed E-state index contributed by atoms with van der Waals surface area (Å²) in [6.45, 7) is 14.1. The second-order valence-electron chi connectivity index (χ2n) is 7.71. The molecule has 0 amide bonds. The summed E-state index contributed by atoms with van der Waals surface area (Å²) in [4.78, 5) is 15.0. The summed E-state index contributed by atoms with van der Waals surface area (Å²) in [5.74, 6) is 2.34. The number of allylic oxidation sites excluding steroid dienone is 1. The van der Waals surface area contributed by atoms with E-state index >= 15 is 0 Å². The van der Waals surface area contributed by atoms with Gasteiger partial charge in [0.2, 0.25) is 0 Å². The fourth-order valence-electron chi connectivity index (χ4n) is 3.65. The Labute approximate surface area is 209 Å². The molecule has 0 saturated carbocycles. The lowest BCUT2D eigenvalue weighted by molar-refractivity contribution is 0.570. The highest BCUT2D eigenvalue weighted by atomic mass is 32.1. The Morgan fingerprint density at radius 2 is 1.92 bits per heavy atom. The van der Waals surface area contributed by atoms with Gasteiger partial charge in [-0.2, -0.15) is 5.26 Å². The Kier molecular flexibility index (Phi) is 5.91. The van der Waals surface area contributed by atoms with Gasteiger partial charge >= 0.3 is 6.04 Å². The van der Waals surface area contributed by atoms with Crippen molar-refractivity contribution in [2.45, 2.75) is 12.5 Å². The molecule has 5 rings (SSSR count). The molecule has 1 N–H and O–H groups in total. The van der Waals surface area contributed by atoms with E-state index in [2.05, 4.69) is 19.7 Å². The highest BCUT2D eigenvalue weighted by Crippen LogP contribution is 2.34. The number of benzene rings is 1. The SMILES string of the molecule is [C-]#[N+]/C(C#N)=C/c1ccc(-c2cc3ccc(-c4ccc(-c5ncc(CC(C#N)[N+]#[C-])s5)o4)cc3[nH]2)o1. The molecule has 0 fully saturated rings. The molecule has 0 bridgehead atoms. The van der Waals surface area contributed by atoms with Gasteiger partial charge in [0.1, 0.15) is 11.5 Å². The molecule has 0 aliphatic heterocycles. The van der Waals surface area contributed by atoms with E-state index in [4.69, 9.17) is 32.5 Å². The summed E-state index contributed by atoms with van der Waals surface area (Å²) < 4.78 is 11.8. The van der Waals surface area contributed by atoms with E-state index in [1.165, 1.54) is 17.4 Å². The van der Waals surface area contributed by atoms with Crippen LogP contribution in [0.1, 0.15) is 10.6 Å². The average Bonchev–Trinajstić information content (AvgIpc) is 3.71. The van der Waals surface area contributed by atoms with Crippen LogP contribution in [0.3, 0.4) is 0 Å². The van der Waals surface area contributed by atoms with Gasteiger partial charge in [0.25, 0.3) is 5.70 Å². The molecule has 1 unspecified atom stereocenters. The second-order valence-corrected chi connectivity index (χ2v) is 8.83. The molecule has 0 spiro atoms. The number of nitrogens with zero attached hydrogens (tertiary/aromatic N) is 5. The van der Waals surface area contributed by atoms with Crippen LogP contribution in [-0.4, -0.2) is 16.0 Å². The van der Waals surface area contributed by atoms with E-state index in [0.29, 0.717) is 34.5 Å². The van der Waals surface area contributed by atoms with Crippen LogP contribution < -0.4 is 0 Å². The fourth-order valence-corrected chi connectivity index (χ4v) is 4.56. The van der Waals surface area contributed by atoms with Gasteiger partial charge < -0.3 is 13.8 Å². The summed E-state index contributed by atoms with van der Waals surface area (Å²) in [5, 5.41) is 19.6.